The Morgan fingerprint density at radius 2 is 1.95 bits per heavy atom. The van der Waals surface area contributed by atoms with E-state index in [-0.39, 0.29) is 0 Å². The smallest absolute Gasteiger partial charge is 0.122 e. The van der Waals surface area contributed by atoms with Crippen LogP contribution in [0.5, 0.6) is 5.75 Å². The molecule has 2 N–H and O–H groups in total. The molecule has 3 nitrogen and oxygen atoms in total. The third-order valence-corrected chi connectivity index (χ3v) is 4.56. The van der Waals surface area contributed by atoms with Crippen LogP contribution in [0, 0.1) is 12.8 Å². The Labute approximate surface area is 128 Å². The SMILES string of the molecule is Cc1ccccc1OCC(O)CNC(C)C1CCCCC1. The van der Waals surface area contributed by atoms with Crippen molar-refractivity contribution in [3.63, 3.8) is 0 Å². The maximum Gasteiger partial charge on any atom is 0.122 e. The van der Waals surface area contributed by atoms with Gasteiger partial charge >= 0.3 is 0 Å². The lowest BCUT2D eigenvalue weighted by atomic mass is 9.84. The molecule has 0 heterocycles. The normalized spacial score (nSPS) is 19.2. The molecule has 0 aromatic heterocycles. The van der Waals surface area contributed by atoms with Crippen LogP contribution in [0.1, 0.15) is 44.6 Å². The van der Waals surface area contributed by atoms with E-state index in [0.717, 1.165) is 17.2 Å². The molecular weight excluding hydrogens is 262 g/mol. The summed E-state index contributed by atoms with van der Waals surface area (Å²) in [6.07, 6.45) is 6.28. The Hall–Kier alpha value is -1.06. The average molecular weight is 291 g/mol. The fraction of sp³-hybridized carbons (Fsp3) is 0.667. The standard InChI is InChI=1S/C18H29NO2/c1-14-8-6-7-11-18(14)21-13-17(20)12-19-15(2)16-9-4-3-5-10-16/h6-8,11,15-17,19-20H,3-5,9-10,12-13H2,1-2H3. The number of aliphatic hydroxyl groups excluding tert-OH is 1. The molecule has 0 bridgehead atoms. The van der Waals surface area contributed by atoms with Crippen molar-refractivity contribution in [1.82, 2.24) is 5.32 Å². The zero-order valence-corrected chi connectivity index (χ0v) is 13.3. The van der Waals surface area contributed by atoms with E-state index in [4.69, 9.17) is 4.74 Å². The van der Waals surface area contributed by atoms with Crippen molar-refractivity contribution < 1.29 is 9.84 Å². The van der Waals surface area contributed by atoms with Crippen molar-refractivity contribution in [2.75, 3.05) is 13.2 Å². The molecule has 1 saturated carbocycles. The third kappa shape index (κ3) is 5.33. The van der Waals surface area contributed by atoms with Crippen molar-refractivity contribution in [3.8, 4) is 5.75 Å². The number of hydrogen-bond donors (Lipinski definition) is 2. The van der Waals surface area contributed by atoms with E-state index in [9.17, 15) is 5.11 Å². The van der Waals surface area contributed by atoms with Gasteiger partial charge in [0.2, 0.25) is 0 Å². The molecule has 1 aromatic carbocycles. The van der Waals surface area contributed by atoms with Gasteiger partial charge in [-0.15, -0.1) is 0 Å². The molecule has 1 fully saturated rings. The molecule has 1 aromatic rings. The number of benzene rings is 1. The van der Waals surface area contributed by atoms with Crippen molar-refractivity contribution in [3.05, 3.63) is 29.8 Å². The van der Waals surface area contributed by atoms with E-state index in [0.29, 0.717) is 19.2 Å². The first-order valence-corrected chi connectivity index (χ1v) is 8.26. The second kappa shape index (κ2) is 8.40. The topological polar surface area (TPSA) is 41.5 Å². The van der Waals surface area contributed by atoms with E-state index in [2.05, 4.69) is 12.2 Å². The Kier molecular flexibility index (Phi) is 6.52. The highest BCUT2D eigenvalue weighted by atomic mass is 16.5. The lowest BCUT2D eigenvalue weighted by molar-refractivity contribution is 0.0998. The van der Waals surface area contributed by atoms with Crippen molar-refractivity contribution in [2.45, 2.75) is 58.1 Å². The van der Waals surface area contributed by atoms with Gasteiger partial charge in [-0.1, -0.05) is 37.5 Å². The number of rotatable bonds is 7. The average Bonchev–Trinajstić information content (AvgIpc) is 2.52. The second-order valence-corrected chi connectivity index (χ2v) is 6.33. The van der Waals surface area contributed by atoms with Gasteiger partial charge in [0.1, 0.15) is 18.5 Å². The molecule has 21 heavy (non-hydrogen) atoms. The number of para-hydroxylation sites is 1. The fourth-order valence-corrected chi connectivity index (χ4v) is 3.09. The van der Waals surface area contributed by atoms with Gasteiger partial charge in [-0.05, 0) is 44.2 Å². The van der Waals surface area contributed by atoms with Crippen molar-refractivity contribution >= 4 is 0 Å². The Morgan fingerprint density at radius 1 is 1.24 bits per heavy atom. The summed E-state index contributed by atoms with van der Waals surface area (Å²) in [5.74, 6) is 1.63. The molecule has 2 rings (SSSR count). The third-order valence-electron chi connectivity index (χ3n) is 4.56. The molecule has 0 aliphatic heterocycles. The molecular formula is C18H29NO2. The first-order valence-electron chi connectivity index (χ1n) is 8.26. The Balaban J connectivity index is 1.67. The highest BCUT2D eigenvalue weighted by Gasteiger charge is 2.20. The molecule has 2 unspecified atom stereocenters. The van der Waals surface area contributed by atoms with E-state index in [1.54, 1.807) is 0 Å². The molecule has 1 aliphatic carbocycles. The number of nitrogens with one attached hydrogen (secondary N) is 1. The largest absolute Gasteiger partial charge is 0.491 e. The van der Waals surface area contributed by atoms with E-state index in [1.165, 1.54) is 32.1 Å². The summed E-state index contributed by atoms with van der Waals surface area (Å²) in [5.41, 5.74) is 1.10. The van der Waals surface area contributed by atoms with Gasteiger partial charge in [0.05, 0.1) is 0 Å². The Morgan fingerprint density at radius 3 is 2.67 bits per heavy atom. The zero-order chi connectivity index (χ0) is 15.1. The molecule has 1 aliphatic rings. The lowest BCUT2D eigenvalue weighted by Gasteiger charge is -2.29. The molecule has 0 amide bonds. The molecule has 0 saturated heterocycles. The quantitative estimate of drug-likeness (QED) is 0.810. The van der Waals surface area contributed by atoms with Crippen LogP contribution in [-0.2, 0) is 0 Å². The van der Waals surface area contributed by atoms with Crippen LogP contribution in [0.15, 0.2) is 24.3 Å². The molecule has 2 atom stereocenters. The van der Waals surface area contributed by atoms with Crippen molar-refractivity contribution in [1.29, 1.82) is 0 Å². The zero-order valence-electron chi connectivity index (χ0n) is 13.3. The predicted molar refractivity (Wildman–Crippen MR) is 86.7 cm³/mol. The molecule has 118 valence electrons. The summed E-state index contributed by atoms with van der Waals surface area (Å²) in [7, 11) is 0. The van der Waals surface area contributed by atoms with Gasteiger partial charge in [0.15, 0.2) is 0 Å². The number of ether oxygens (including phenoxy) is 1. The van der Waals surface area contributed by atoms with Gasteiger partial charge in [-0.2, -0.15) is 0 Å². The lowest BCUT2D eigenvalue weighted by Crippen LogP contribution is -2.40. The van der Waals surface area contributed by atoms with E-state index >= 15 is 0 Å². The van der Waals surface area contributed by atoms with Crippen molar-refractivity contribution in [2.24, 2.45) is 5.92 Å². The van der Waals surface area contributed by atoms with Gasteiger partial charge < -0.3 is 15.2 Å². The Bertz CT molecular complexity index is 415. The molecule has 0 radical (unpaired) electrons. The van der Waals surface area contributed by atoms with E-state index in [1.807, 2.05) is 31.2 Å². The van der Waals surface area contributed by atoms with Gasteiger partial charge in [-0.25, -0.2) is 0 Å². The fourth-order valence-electron chi connectivity index (χ4n) is 3.09. The van der Waals surface area contributed by atoms with Crippen LogP contribution in [0.2, 0.25) is 0 Å². The summed E-state index contributed by atoms with van der Waals surface area (Å²) >= 11 is 0. The summed E-state index contributed by atoms with van der Waals surface area (Å²) in [6.45, 7) is 5.20. The first-order chi connectivity index (χ1) is 10.2. The minimum Gasteiger partial charge on any atom is -0.491 e. The summed E-state index contributed by atoms with van der Waals surface area (Å²) in [6, 6.07) is 8.40. The highest BCUT2D eigenvalue weighted by molar-refractivity contribution is 5.31. The highest BCUT2D eigenvalue weighted by Crippen LogP contribution is 2.26. The summed E-state index contributed by atoms with van der Waals surface area (Å²) in [4.78, 5) is 0. The number of aryl methyl sites for hydroxylation is 1. The van der Waals surface area contributed by atoms with Crippen LogP contribution in [0.3, 0.4) is 0 Å². The van der Waals surface area contributed by atoms with E-state index < -0.39 is 6.10 Å². The predicted octanol–water partition coefficient (Wildman–Crippen LogP) is 3.29. The molecule has 3 heteroatoms. The summed E-state index contributed by atoms with van der Waals surface area (Å²) < 4.78 is 5.69. The monoisotopic (exact) mass is 291 g/mol. The second-order valence-electron chi connectivity index (χ2n) is 6.33. The van der Waals surface area contributed by atoms with Crippen LogP contribution in [-0.4, -0.2) is 30.4 Å². The number of hydrogen-bond acceptors (Lipinski definition) is 3. The number of aliphatic hydroxyl groups is 1. The van der Waals surface area contributed by atoms with Gasteiger partial charge in [0.25, 0.3) is 0 Å². The minimum atomic E-state index is -0.462. The van der Waals surface area contributed by atoms with Gasteiger partial charge in [-0.3, -0.25) is 0 Å². The maximum atomic E-state index is 10.1. The summed E-state index contributed by atoms with van der Waals surface area (Å²) in [5, 5.41) is 13.5. The van der Waals surface area contributed by atoms with Gasteiger partial charge in [0, 0.05) is 12.6 Å². The molecule has 0 spiro atoms. The van der Waals surface area contributed by atoms with Crippen LogP contribution < -0.4 is 10.1 Å². The van der Waals surface area contributed by atoms with Crippen LogP contribution in [0.25, 0.3) is 0 Å². The maximum absolute atomic E-state index is 10.1. The first kappa shape index (κ1) is 16.3. The minimum absolute atomic E-state index is 0.342. The van der Waals surface area contributed by atoms with Crippen LogP contribution in [0.4, 0.5) is 0 Å². The van der Waals surface area contributed by atoms with Crippen LogP contribution >= 0.6 is 0 Å².